The molecule has 7 heteroatoms. The van der Waals surface area contributed by atoms with E-state index in [0.29, 0.717) is 43.3 Å². The average Bonchev–Trinajstić information content (AvgIpc) is 2.45. The molecule has 1 amide bonds. The second kappa shape index (κ2) is 6.74. The van der Waals surface area contributed by atoms with Crippen LogP contribution in [0.4, 0.5) is 11.4 Å². The predicted molar refractivity (Wildman–Crippen MR) is 91.0 cm³/mol. The largest absolute Gasteiger partial charge is 0.362 e. The van der Waals surface area contributed by atoms with Gasteiger partial charge in [-0.05, 0) is 17.5 Å². The number of piperazine rings is 1. The normalized spacial score (nSPS) is 15.7. The zero-order chi connectivity index (χ0) is 17.2. The molecule has 0 spiro atoms. The van der Waals surface area contributed by atoms with Crippen LogP contribution in [0.5, 0.6) is 0 Å². The molecule has 0 bridgehead atoms. The van der Waals surface area contributed by atoms with Crippen LogP contribution in [0.3, 0.4) is 0 Å². The van der Waals surface area contributed by atoms with Crippen molar-refractivity contribution in [2.45, 2.75) is 27.2 Å². The first-order chi connectivity index (χ1) is 10.7. The molecule has 6 nitrogen and oxygen atoms in total. The van der Waals surface area contributed by atoms with Crippen molar-refractivity contribution in [1.82, 2.24) is 4.90 Å². The summed E-state index contributed by atoms with van der Waals surface area (Å²) in [5.41, 5.74) is 0.526. The van der Waals surface area contributed by atoms with Gasteiger partial charge in [0.15, 0.2) is 0 Å². The standard InChI is InChI=1S/C16H22ClN3O3/c1-16(2,3)11-15(21)19-8-6-18(7-9-19)13-5-4-12(17)10-14(13)20(22)23/h4-5,10H,6-9,11H2,1-3H3. The molecule has 0 aliphatic carbocycles. The van der Waals surface area contributed by atoms with E-state index in [4.69, 9.17) is 11.6 Å². The minimum Gasteiger partial charge on any atom is -0.362 e. The molecule has 2 rings (SSSR count). The number of nitro benzene ring substituents is 1. The van der Waals surface area contributed by atoms with Crippen LogP contribution in [0.15, 0.2) is 18.2 Å². The summed E-state index contributed by atoms with van der Waals surface area (Å²) >= 11 is 5.85. The van der Waals surface area contributed by atoms with Gasteiger partial charge in [0.25, 0.3) is 5.69 Å². The topological polar surface area (TPSA) is 66.7 Å². The van der Waals surface area contributed by atoms with Gasteiger partial charge in [-0.15, -0.1) is 0 Å². The molecule has 0 saturated carbocycles. The van der Waals surface area contributed by atoms with Crippen molar-refractivity contribution in [3.63, 3.8) is 0 Å². The van der Waals surface area contributed by atoms with Crippen molar-refractivity contribution >= 4 is 28.9 Å². The summed E-state index contributed by atoms with van der Waals surface area (Å²) in [4.78, 5) is 26.8. The fourth-order valence-electron chi connectivity index (χ4n) is 2.67. The second-order valence-corrected chi connectivity index (χ2v) is 7.43. The summed E-state index contributed by atoms with van der Waals surface area (Å²) in [6, 6.07) is 4.70. The van der Waals surface area contributed by atoms with Crippen molar-refractivity contribution in [2.24, 2.45) is 5.41 Å². The van der Waals surface area contributed by atoms with E-state index >= 15 is 0 Å². The SMILES string of the molecule is CC(C)(C)CC(=O)N1CCN(c2ccc(Cl)cc2[N+](=O)[O-])CC1. The van der Waals surface area contributed by atoms with E-state index < -0.39 is 4.92 Å². The Labute approximate surface area is 141 Å². The third-order valence-electron chi connectivity index (χ3n) is 3.79. The number of rotatable bonds is 3. The number of benzene rings is 1. The molecule has 1 aliphatic heterocycles. The zero-order valence-electron chi connectivity index (χ0n) is 13.7. The summed E-state index contributed by atoms with van der Waals surface area (Å²) in [7, 11) is 0. The number of hydrogen-bond acceptors (Lipinski definition) is 4. The van der Waals surface area contributed by atoms with Gasteiger partial charge in [-0.25, -0.2) is 0 Å². The van der Waals surface area contributed by atoms with Gasteiger partial charge in [0, 0.05) is 43.7 Å². The van der Waals surface area contributed by atoms with Crippen LogP contribution >= 0.6 is 11.6 Å². The Kier molecular flexibility index (Phi) is 5.14. The highest BCUT2D eigenvalue weighted by molar-refractivity contribution is 6.30. The molecule has 23 heavy (non-hydrogen) atoms. The van der Waals surface area contributed by atoms with Gasteiger partial charge in [-0.3, -0.25) is 14.9 Å². The Morgan fingerprint density at radius 2 is 1.87 bits per heavy atom. The Hall–Kier alpha value is -1.82. The monoisotopic (exact) mass is 339 g/mol. The lowest BCUT2D eigenvalue weighted by Crippen LogP contribution is -2.49. The molecule has 0 unspecified atom stereocenters. The number of nitro groups is 1. The molecule has 0 N–H and O–H groups in total. The first-order valence-corrected chi connectivity index (χ1v) is 8.02. The molecule has 0 aromatic heterocycles. The maximum Gasteiger partial charge on any atom is 0.294 e. The predicted octanol–water partition coefficient (Wildman–Crippen LogP) is 3.33. The number of amides is 1. The molecule has 0 radical (unpaired) electrons. The molecule has 1 aliphatic rings. The fraction of sp³-hybridized carbons (Fsp3) is 0.562. The van der Waals surface area contributed by atoms with E-state index in [2.05, 4.69) is 0 Å². The number of carbonyl (C=O) groups is 1. The lowest BCUT2D eigenvalue weighted by Gasteiger charge is -2.36. The van der Waals surface area contributed by atoms with Crippen LogP contribution in [0.25, 0.3) is 0 Å². The van der Waals surface area contributed by atoms with E-state index in [9.17, 15) is 14.9 Å². The van der Waals surface area contributed by atoms with E-state index in [1.54, 1.807) is 12.1 Å². The minimum atomic E-state index is -0.418. The number of anilines is 1. The number of halogens is 1. The van der Waals surface area contributed by atoms with Gasteiger partial charge >= 0.3 is 0 Å². The molecular weight excluding hydrogens is 318 g/mol. The lowest BCUT2D eigenvalue weighted by atomic mass is 9.91. The van der Waals surface area contributed by atoms with Crippen LogP contribution in [0.1, 0.15) is 27.2 Å². The maximum absolute atomic E-state index is 12.3. The highest BCUT2D eigenvalue weighted by Gasteiger charge is 2.27. The smallest absolute Gasteiger partial charge is 0.294 e. The first kappa shape index (κ1) is 17.5. The molecular formula is C16H22ClN3O3. The number of hydrogen-bond donors (Lipinski definition) is 0. The third-order valence-corrected chi connectivity index (χ3v) is 4.02. The Bertz CT molecular complexity index is 605. The van der Waals surface area contributed by atoms with Crippen LogP contribution < -0.4 is 4.90 Å². The Balaban J connectivity index is 2.05. The molecule has 1 aromatic rings. The fourth-order valence-corrected chi connectivity index (χ4v) is 2.84. The summed E-state index contributed by atoms with van der Waals surface area (Å²) in [6.45, 7) is 8.44. The number of carbonyl (C=O) groups excluding carboxylic acids is 1. The van der Waals surface area contributed by atoms with Crippen molar-refractivity contribution in [2.75, 3.05) is 31.1 Å². The average molecular weight is 340 g/mol. The van der Waals surface area contributed by atoms with E-state index in [-0.39, 0.29) is 17.0 Å². The lowest BCUT2D eigenvalue weighted by molar-refractivity contribution is -0.384. The Morgan fingerprint density at radius 1 is 1.26 bits per heavy atom. The molecule has 1 aromatic carbocycles. The van der Waals surface area contributed by atoms with E-state index in [1.165, 1.54) is 6.07 Å². The van der Waals surface area contributed by atoms with Gasteiger partial charge < -0.3 is 9.80 Å². The van der Waals surface area contributed by atoms with Gasteiger partial charge in [0.05, 0.1) is 4.92 Å². The van der Waals surface area contributed by atoms with Crippen molar-refractivity contribution in [3.8, 4) is 0 Å². The van der Waals surface area contributed by atoms with Gasteiger partial charge in [-0.2, -0.15) is 0 Å². The summed E-state index contributed by atoms with van der Waals surface area (Å²) in [5, 5.41) is 11.5. The van der Waals surface area contributed by atoms with Crippen LogP contribution in [-0.4, -0.2) is 41.9 Å². The summed E-state index contributed by atoms with van der Waals surface area (Å²) < 4.78 is 0. The van der Waals surface area contributed by atoms with Crippen LogP contribution in [0.2, 0.25) is 5.02 Å². The summed E-state index contributed by atoms with van der Waals surface area (Å²) in [6.07, 6.45) is 0.508. The Morgan fingerprint density at radius 3 is 2.39 bits per heavy atom. The molecule has 126 valence electrons. The molecule has 1 heterocycles. The highest BCUT2D eigenvalue weighted by atomic mass is 35.5. The minimum absolute atomic E-state index is 0.00645. The van der Waals surface area contributed by atoms with Crippen LogP contribution in [0, 0.1) is 15.5 Å². The summed E-state index contributed by atoms with van der Waals surface area (Å²) in [5.74, 6) is 0.141. The molecule has 1 fully saturated rings. The molecule has 1 saturated heterocycles. The van der Waals surface area contributed by atoms with Crippen molar-refractivity contribution < 1.29 is 9.72 Å². The first-order valence-electron chi connectivity index (χ1n) is 7.64. The molecule has 0 atom stereocenters. The number of nitrogens with zero attached hydrogens (tertiary/aromatic N) is 3. The van der Waals surface area contributed by atoms with Gasteiger partial charge in [-0.1, -0.05) is 32.4 Å². The van der Waals surface area contributed by atoms with Gasteiger partial charge in [0.2, 0.25) is 5.91 Å². The van der Waals surface area contributed by atoms with E-state index in [0.717, 1.165) is 0 Å². The van der Waals surface area contributed by atoms with Crippen molar-refractivity contribution in [3.05, 3.63) is 33.3 Å². The van der Waals surface area contributed by atoms with Crippen molar-refractivity contribution in [1.29, 1.82) is 0 Å². The quantitative estimate of drug-likeness (QED) is 0.625. The highest BCUT2D eigenvalue weighted by Crippen LogP contribution is 2.31. The maximum atomic E-state index is 12.3. The van der Waals surface area contributed by atoms with Gasteiger partial charge in [0.1, 0.15) is 5.69 Å². The van der Waals surface area contributed by atoms with E-state index in [1.807, 2.05) is 30.6 Å². The second-order valence-electron chi connectivity index (χ2n) is 7.00. The third kappa shape index (κ3) is 4.58. The van der Waals surface area contributed by atoms with Crippen LogP contribution in [-0.2, 0) is 4.79 Å². The zero-order valence-corrected chi connectivity index (χ0v) is 14.5.